The smallest absolute Gasteiger partial charge is 0.262 e. The molecule has 28 heavy (non-hydrogen) atoms. The second-order valence-corrected chi connectivity index (χ2v) is 6.67. The molecule has 4 rings (SSSR count). The van der Waals surface area contributed by atoms with E-state index in [9.17, 15) is 14.4 Å². The lowest BCUT2D eigenvalue weighted by atomic mass is 10.1. The van der Waals surface area contributed by atoms with Crippen molar-refractivity contribution in [2.75, 3.05) is 17.7 Å². The number of fused-ring (bicyclic) bond motifs is 1. The Hall–Kier alpha value is -3.88. The zero-order valence-corrected chi connectivity index (χ0v) is 15.3. The molecule has 142 valence electrons. The summed E-state index contributed by atoms with van der Waals surface area (Å²) in [5.41, 5.74) is 8.14. The first kappa shape index (κ1) is 17.5. The zero-order valence-electron chi connectivity index (χ0n) is 15.3. The van der Waals surface area contributed by atoms with Crippen molar-refractivity contribution in [3.05, 3.63) is 69.8 Å². The van der Waals surface area contributed by atoms with Crippen LogP contribution in [0.15, 0.2) is 47.5 Å². The number of nitrogens with two attached hydrogens (primary N) is 1. The van der Waals surface area contributed by atoms with Crippen LogP contribution in [0, 0.1) is 0 Å². The third-order valence-corrected chi connectivity index (χ3v) is 4.68. The van der Waals surface area contributed by atoms with Crippen molar-refractivity contribution >= 4 is 23.3 Å². The average molecular weight is 378 g/mol. The number of carbonyl (C=O) groups is 2. The van der Waals surface area contributed by atoms with Crippen molar-refractivity contribution in [2.45, 2.75) is 6.54 Å². The second-order valence-electron chi connectivity index (χ2n) is 6.67. The lowest BCUT2D eigenvalue weighted by Gasteiger charge is -2.19. The van der Waals surface area contributed by atoms with Gasteiger partial charge < -0.3 is 10.6 Å². The highest BCUT2D eigenvalue weighted by Crippen LogP contribution is 2.24. The fourth-order valence-electron chi connectivity index (χ4n) is 3.32. The van der Waals surface area contributed by atoms with Gasteiger partial charge in [-0.1, -0.05) is 0 Å². The van der Waals surface area contributed by atoms with Crippen LogP contribution in [0.4, 0.5) is 11.5 Å². The van der Waals surface area contributed by atoms with Crippen molar-refractivity contribution in [3.63, 3.8) is 0 Å². The summed E-state index contributed by atoms with van der Waals surface area (Å²) in [4.78, 5) is 38.3. The van der Waals surface area contributed by atoms with Gasteiger partial charge in [0.2, 0.25) is 0 Å². The molecule has 3 N–H and O–H groups in total. The largest absolute Gasteiger partial charge is 0.384 e. The second kappa shape index (κ2) is 6.38. The van der Waals surface area contributed by atoms with Crippen molar-refractivity contribution < 1.29 is 9.59 Å². The van der Waals surface area contributed by atoms with Gasteiger partial charge >= 0.3 is 0 Å². The molecule has 1 aliphatic heterocycles. The third-order valence-electron chi connectivity index (χ3n) is 4.68. The van der Waals surface area contributed by atoms with Gasteiger partial charge in [0.05, 0.1) is 23.0 Å². The van der Waals surface area contributed by atoms with E-state index in [2.05, 4.69) is 10.4 Å². The SMILES string of the molecule is CN(Cc1cnn(C)c1)c1ccc(-n2c(N)c3c(cc2=O)C(=O)NC3=O)cc1. The van der Waals surface area contributed by atoms with Gasteiger partial charge in [0, 0.05) is 44.2 Å². The van der Waals surface area contributed by atoms with E-state index in [1.807, 2.05) is 43.5 Å². The maximum atomic E-state index is 12.5. The molecule has 9 heteroatoms. The molecule has 0 saturated carbocycles. The van der Waals surface area contributed by atoms with Gasteiger partial charge in [-0.05, 0) is 24.3 Å². The van der Waals surface area contributed by atoms with E-state index >= 15 is 0 Å². The molecule has 9 nitrogen and oxygen atoms in total. The van der Waals surface area contributed by atoms with E-state index < -0.39 is 17.4 Å². The highest BCUT2D eigenvalue weighted by Gasteiger charge is 2.31. The van der Waals surface area contributed by atoms with Crippen LogP contribution in [0.1, 0.15) is 26.3 Å². The van der Waals surface area contributed by atoms with E-state index in [4.69, 9.17) is 5.73 Å². The number of aromatic nitrogens is 3. The molecule has 0 aliphatic carbocycles. The molecular weight excluding hydrogens is 360 g/mol. The minimum atomic E-state index is -0.608. The van der Waals surface area contributed by atoms with Crippen LogP contribution in [0.3, 0.4) is 0 Å². The van der Waals surface area contributed by atoms with Crippen LogP contribution in [0.2, 0.25) is 0 Å². The summed E-state index contributed by atoms with van der Waals surface area (Å²) < 4.78 is 2.97. The summed E-state index contributed by atoms with van der Waals surface area (Å²) >= 11 is 0. The van der Waals surface area contributed by atoms with E-state index in [0.29, 0.717) is 12.2 Å². The number of imide groups is 1. The molecule has 3 aromatic rings. The molecule has 0 fully saturated rings. The molecule has 1 aromatic carbocycles. The molecule has 0 radical (unpaired) electrons. The van der Waals surface area contributed by atoms with Crippen LogP contribution < -0.4 is 21.5 Å². The Kier molecular flexibility index (Phi) is 3.99. The summed E-state index contributed by atoms with van der Waals surface area (Å²) in [6.45, 7) is 0.677. The van der Waals surface area contributed by atoms with Gasteiger partial charge in [-0.2, -0.15) is 5.10 Å². The molecular formula is C19H18N6O3. The maximum absolute atomic E-state index is 12.5. The predicted molar refractivity (Wildman–Crippen MR) is 104 cm³/mol. The van der Waals surface area contributed by atoms with E-state index in [0.717, 1.165) is 17.3 Å². The number of hydrogen-bond donors (Lipinski definition) is 2. The van der Waals surface area contributed by atoms with Gasteiger partial charge in [0.25, 0.3) is 17.4 Å². The Balaban J connectivity index is 1.66. The lowest BCUT2D eigenvalue weighted by molar-refractivity contribution is 0.0880. The zero-order chi connectivity index (χ0) is 20.0. The topological polar surface area (TPSA) is 115 Å². The maximum Gasteiger partial charge on any atom is 0.262 e. The summed E-state index contributed by atoms with van der Waals surface area (Å²) in [6, 6.07) is 8.34. The summed E-state index contributed by atoms with van der Waals surface area (Å²) in [6.07, 6.45) is 3.75. The van der Waals surface area contributed by atoms with Crippen molar-refractivity contribution in [1.82, 2.24) is 19.7 Å². The molecule has 0 unspecified atom stereocenters. The number of benzene rings is 1. The molecule has 1 aliphatic rings. The molecule has 3 heterocycles. The Morgan fingerprint density at radius 1 is 1.14 bits per heavy atom. The van der Waals surface area contributed by atoms with E-state index in [1.165, 1.54) is 4.57 Å². The van der Waals surface area contributed by atoms with Crippen LogP contribution >= 0.6 is 0 Å². The fourth-order valence-corrected chi connectivity index (χ4v) is 3.32. The minimum absolute atomic E-state index is 0.0107. The first-order valence-corrected chi connectivity index (χ1v) is 8.55. The number of hydrogen-bond acceptors (Lipinski definition) is 6. The normalized spacial score (nSPS) is 12.8. The van der Waals surface area contributed by atoms with Crippen LogP contribution in [0.5, 0.6) is 0 Å². The predicted octanol–water partition coefficient (Wildman–Crippen LogP) is 0.673. The van der Waals surface area contributed by atoms with Crippen molar-refractivity contribution in [3.8, 4) is 5.69 Å². The minimum Gasteiger partial charge on any atom is -0.384 e. The van der Waals surface area contributed by atoms with E-state index in [-0.39, 0.29) is 16.9 Å². The van der Waals surface area contributed by atoms with Gasteiger partial charge in [0.1, 0.15) is 5.82 Å². The highest BCUT2D eigenvalue weighted by atomic mass is 16.2. The van der Waals surface area contributed by atoms with Gasteiger partial charge in [-0.25, -0.2) is 0 Å². The Morgan fingerprint density at radius 3 is 2.50 bits per heavy atom. The summed E-state index contributed by atoms with van der Waals surface area (Å²) in [7, 11) is 3.82. The number of rotatable bonds is 4. The number of nitrogen functional groups attached to an aromatic ring is 1. The molecule has 2 aromatic heterocycles. The number of anilines is 2. The number of nitrogens with one attached hydrogen (secondary N) is 1. The number of pyridine rings is 1. The third kappa shape index (κ3) is 2.82. The first-order chi connectivity index (χ1) is 13.3. The molecule has 0 spiro atoms. The van der Waals surface area contributed by atoms with E-state index in [1.54, 1.807) is 16.8 Å². The Morgan fingerprint density at radius 2 is 1.86 bits per heavy atom. The quantitative estimate of drug-likeness (QED) is 0.645. The summed E-state index contributed by atoms with van der Waals surface area (Å²) in [5.74, 6) is -1.26. The standard InChI is InChI=1S/C19H18N6O3/c1-23(9-11-8-21-24(2)10-11)12-3-5-13(6-4-12)25-15(26)7-14-16(17(25)20)19(28)22-18(14)27/h3-8,10H,9,20H2,1-2H3,(H,22,27,28). The molecule has 0 bridgehead atoms. The summed E-state index contributed by atoms with van der Waals surface area (Å²) in [5, 5.41) is 6.31. The monoisotopic (exact) mass is 378 g/mol. The fraction of sp³-hybridized carbons (Fsp3) is 0.158. The number of carbonyl (C=O) groups excluding carboxylic acids is 2. The Bertz CT molecular complexity index is 1160. The van der Waals surface area contributed by atoms with Crippen LogP contribution in [-0.4, -0.2) is 33.2 Å². The van der Waals surface area contributed by atoms with Crippen molar-refractivity contribution in [1.29, 1.82) is 0 Å². The highest BCUT2D eigenvalue weighted by molar-refractivity contribution is 6.23. The molecule has 0 atom stereocenters. The first-order valence-electron chi connectivity index (χ1n) is 8.55. The average Bonchev–Trinajstić information content (AvgIpc) is 3.18. The van der Waals surface area contributed by atoms with Gasteiger partial charge in [0.15, 0.2) is 0 Å². The van der Waals surface area contributed by atoms with Gasteiger partial charge in [-0.3, -0.25) is 28.9 Å². The number of nitrogens with zero attached hydrogens (tertiary/aromatic N) is 4. The Labute approximate surface area is 160 Å². The van der Waals surface area contributed by atoms with Crippen LogP contribution in [0.25, 0.3) is 5.69 Å². The van der Waals surface area contributed by atoms with Crippen molar-refractivity contribution in [2.24, 2.45) is 7.05 Å². The van der Waals surface area contributed by atoms with Crippen LogP contribution in [-0.2, 0) is 13.6 Å². The number of aryl methyl sites for hydroxylation is 1. The lowest BCUT2D eigenvalue weighted by Crippen LogP contribution is -2.24. The number of amides is 2. The van der Waals surface area contributed by atoms with Gasteiger partial charge in [-0.15, -0.1) is 0 Å². The molecule has 0 saturated heterocycles. The molecule has 2 amide bonds.